The van der Waals surface area contributed by atoms with Gasteiger partial charge in [0, 0.05) is 31.7 Å². The first-order valence-corrected chi connectivity index (χ1v) is 10.5. The van der Waals surface area contributed by atoms with Gasteiger partial charge in [-0.05, 0) is 25.7 Å². The summed E-state index contributed by atoms with van der Waals surface area (Å²) in [5.41, 5.74) is -4.43. The van der Waals surface area contributed by atoms with Crippen LogP contribution < -0.4 is 10.6 Å². The van der Waals surface area contributed by atoms with Gasteiger partial charge in [0.2, 0.25) is 0 Å². The predicted molar refractivity (Wildman–Crippen MR) is 98.1 cm³/mol. The molecule has 1 aromatic rings. The Morgan fingerprint density at radius 3 is 2.54 bits per heavy atom. The van der Waals surface area contributed by atoms with E-state index in [4.69, 9.17) is 4.52 Å². The molecule has 1 fully saturated rings. The molecule has 0 atom stereocenters. The SMILES string of the molecule is CCNC(=NCc1cc(C(C)C)no1)NC1CCN(S(=O)(=O)C(F)(F)F)CC1. The van der Waals surface area contributed by atoms with Crippen LogP contribution in [0.3, 0.4) is 0 Å². The van der Waals surface area contributed by atoms with Gasteiger partial charge in [-0.1, -0.05) is 19.0 Å². The molecule has 160 valence electrons. The second kappa shape index (κ2) is 9.12. The summed E-state index contributed by atoms with van der Waals surface area (Å²) in [6, 6.07) is 1.65. The lowest BCUT2D eigenvalue weighted by atomic mass is 10.1. The Kier molecular flexibility index (Phi) is 7.32. The Bertz CT molecular complexity index is 769. The maximum atomic E-state index is 12.7. The lowest BCUT2D eigenvalue weighted by Gasteiger charge is -2.32. The van der Waals surface area contributed by atoms with Gasteiger partial charge in [-0.25, -0.2) is 13.4 Å². The first kappa shape index (κ1) is 22.5. The highest BCUT2D eigenvalue weighted by molar-refractivity contribution is 7.90. The van der Waals surface area contributed by atoms with E-state index in [2.05, 4.69) is 20.8 Å². The van der Waals surface area contributed by atoms with Crippen LogP contribution in [0.1, 0.15) is 51.0 Å². The summed E-state index contributed by atoms with van der Waals surface area (Å²) < 4.78 is 66.6. The molecular weight excluding hydrogens is 399 g/mol. The lowest BCUT2D eigenvalue weighted by Crippen LogP contribution is -2.51. The molecule has 2 heterocycles. The van der Waals surface area contributed by atoms with E-state index < -0.39 is 15.5 Å². The highest BCUT2D eigenvalue weighted by Gasteiger charge is 2.50. The monoisotopic (exact) mass is 425 g/mol. The number of piperidine rings is 1. The van der Waals surface area contributed by atoms with Gasteiger partial charge < -0.3 is 15.2 Å². The molecule has 1 aliphatic rings. The quantitative estimate of drug-likeness (QED) is 0.535. The minimum Gasteiger partial charge on any atom is -0.359 e. The van der Waals surface area contributed by atoms with Crippen LogP contribution in [0.15, 0.2) is 15.6 Å². The largest absolute Gasteiger partial charge is 0.511 e. The van der Waals surface area contributed by atoms with Crippen molar-refractivity contribution in [3.63, 3.8) is 0 Å². The zero-order valence-corrected chi connectivity index (χ0v) is 16.9. The Hall–Kier alpha value is -1.82. The number of hydrogen-bond acceptors (Lipinski definition) is 5. The van der Waals surface area contributed by atoms with E-state index in [1.165, 1.54) is 0 Å². The van der Waals surface area contributed by atoms with Crippen molar-refractivity contribution in [3.8, 4) is 0 Å². The standard InChI is InChI=1S/C16H26F3N5O3S/c1-4-20-15(21-10-13-9-14(11(2)3)23-27-13)22-12-5-7-24(8-6-12)28(25,26)16(17,18)19/h9,11-12H,4-8,10H2,1-3H3,(H2,20,21,22). The number of guanidine groups is 1. The summed E-state index contributed by atoms with van der Waals surface area (Å²) >= 11 is 0. The topological polar surface area (TPSA) is 99.8 Å². The normalized spacial score (nSPS) is 17.9. The van der Waals surface area contributed by atoms with Crippen molar-refractivity contribution in [2.75, 3.05) is 19.6 Å². The average Bonchev–Trinajstić information content (AvgIpc) is 3.09. The number of hydrogen-bond donors (Lipinski definition) is 2. The molecule has 1 aliphatic heterocycles. The van der Waals surface area contributed by atoms with Crippen LogP contribution in [0.5, 0.6) is 0 Å². The van der Waals surface area contributed by atoms with E-state index >= 15 is 0 Å². The molecule has 12 heteroatoms. The third-order valence-electron chi connectivity index (χ3n) is 4.33. The van der Waals surface area contributed by atoms with Crippen molar-refractivity contribution < 1.29 is 26.1 Å². The molecule has 1 saturated heterocycles. The highest BCUT2D eigenvalue weighted by atomic mass is 32.2. The van der Waals surface area contributed by atoms with Gasteiger partial charge in [-0.15, -0.1) is 0 Å². The lowest BCUT2D eigenvalue weighted by molar-refractivity contribution is -0.0494. The van der Waals surface area contributed by atoms with Crippen molar-refractivity contribution in [3.05, 3.63) is 17.5 Å². The average molecular weight is 425 g/mol. The fraction of sp³-hybridized carbons (Fsp3) is 0.750. The second-order valence-electron chi connectivity index (χ2n) is 6.84. The van der Waals surface area contributed by atoms with E-state index in [1.54, 1.807) is 0 Å². The van der Waals surface area contributed by atoms with Gasteiger partial charge in [-0.3, -0.25) is 0 Å². The minimum atomic E-state index is -5.27. The van der Waals surface area contributed by atoms with Crippen molar-refractivity contribution in [2.45, 2.75) is 57.6 Å². The van der Waals surface area contributed by atoms with Crippen LogP contribution >= 0.6 is 0 Å². The Morgan fingerprint density at radius 1 is 1.39 bits per heavy atom. The highest BCUT2D eigenvalue weighted by Crippen LogP contribution is 2.28. The van der Waals surface area contributed by atoms with Crippen LogP contribution in [0.25, 0.3) is 0 Å². The number of alkyl halides is 3. The zero-order chi connectivity index (χ0) is 20.9. The molecule has 0 unspecified atom stereocenters. The Labute approximate surface area is 162 Å². The fourth-order valence-corrected chi connectivity index (χ4v) is 3.72. The second-order valence-corrected chi connectivity index (χ2v) is 8.77. The maximum absolute atomic E-state index is 12.7. The summed E-state index contributed by atoms with van der Waals surface area (Å²) in [4.78, 5) is 4.41. The van der Waals surface area contributed by atoms with Crippen molar-refractivity contribution in [2.24, 2.45) is 4.99 Å². The van der Waals surface area contributed by atoms with Gasteiger partial charge in [0.15, 0.2) is 11.7 Å². The molecule has 0 aromatic carbocycles. The molecule has 2 N–H and O–H groups in total. The van der Waals surface area contributed by atoms with Crippen molar-refractivity contribution in [1.29, 1.82) is 0 Å². The van der Waals surface area contributed by atoms with E-state index in [0.717, 1.165) is 5.69 Å². The van der Waals surface area contributed by atoms with Crippen LogP contribution in [0, 0.1) is 0 Å². The first-order chi connectivity index (χ1) is 13.0. The minimum absolute atomic E-state index is 0.182. The summed E-state index contributed by atoms with van der Waals surface area (Å²) in [7, 11) is -5.27. The molecule has 1 aromatic heterocycles. The summed E-state index contributed by atoms with van der Waals surface area (Å²) in [5.74, 6) is 1.33. The molecule has 8 nitrogen and oxygen atoms in total. The van der Waals surface area contributed by atoms with Crippen LogP contribution in [0.2, 0.25) is 0 Å². The van der Waals surface area contributed by atoms with Crippen LogP contribution in [-0.4, -0.2) is 55.0 Å². The van der Waals surface area contributed by atoms with Crippen LogP contribution in [-0.2, 0) is 16.6 Å². The van der Waals surface area contributed by atoms with Gasteiger partial charge in [0.1, 0.15) is 6.54 Å². The molecule has 28 heavy (non-hydrogen) atoms. The smallest absolute Gasteiger partial charge is 0.359 e. The van der Waals surface area contributed by atoms with Gasteiger partial charge in [-0.2, -0.15) is 17.5 Å². The third-order valence-corrected chi connectivity index (χ3v) is 5.96. The number of aliphatic imine (C=N–C) groups is 1. The maximum Gasteiger partial charge on any atom is 0.511 e. The predicted octanol–water partition coefficient (Wildman–Crippen LogP) is 2.17. The molecule has 0 aliphatic carbocycles. The molecule has 0 bridgehead atoms. The summed E-state index contributed by atoms with van der Waals surface area (Å²) in [5, 5.41) is 10.2. The number of nitrogens with zero attached hydrogens (tertiary/aromatic N) is 3. The zero-order valence-electron chi connectivity index (χ0n) is 16.1. The van der Waals surface area contributed by atoms with Crippen molar-refractivity contribution >= 4 is 16.0 Å². The molecule has 0 spiro atoms. The number of sulfonamides is 1. The van der Waals surface area contributed by atoms with E-state index in [0.29, 0.717) is 22.6 Å². The van der Waals surface area contributed by atoms with Crippen molar-refractivity contribution in [1.82, 2.24) is 20.1 Å². The molecule has 2 rings (SSSR count). The van der Waals surface area contributed by atoms with Gasteiger partial charge in [0.25, 0.3) is 0 Å². The van der Waals surface area contributed by atoms with E-state index in [9.17, 15) is 21.6 Å². The van der Waals surface area contributed by atoms with Gasteiger partial charge in [0.05, 0.1) is 5.69 Å². The first-order valence-electron chi connectivity index (χ1n) is 9.11. The fourth-order valence-electron chi connectivity index (χ4n) is 2.73. The Balaban J connectivity index is 1.94. The Morgan fingerprint density at radius 2 is 2.04 bits per heavy atom. The number of nitrogens with one attached hydrogen (secondary N) is 2. The number of rotatable bonds is 6. The molecule has 0 radical (unpaired) electrons. The summed E-state index contributed by atoms with van der Waals surface area (Å²) in [6.45, 7) is 6.36. The molecule has 0 amide bonds. The summed E-state index contributed by atoms with van der Waals surface area (Å²) in [6.07, 6.45) is 0.499. The van der Waals surface area contributed by atoms with Gasteiger partial charge >= 0.3 is 15.5 Å². The van der Waals surface area contributed by atoms with E-state index in [-0.39, 0.29) is 44.4 Å². The molecule has 0 saturated carbocycles. The number of aromatic nitrogens is 1. The van der Waals surface area contributed by atoms with E-state index in [1.807, 2.05) is 26.8 Å². The third kappa shape index (κ3) is 5.60. The van der Waals surface area contributed by atoms with Crippen LogP contribution in [0.4, 0.5) is 13.2 Å². The molecular formula is C16H26F3N5O3S. The number of halogens is 3.